The monoisotopic (exact) mass is 411 g/mol. The highest BCUT2D eigenvalue weighted by atomic mass is 35.5. The summed E-state index contributed by atoms with van der Waals surface area (Å²) in [6, 6.07) is 10.8. The Hall–Kier alpha value is -0.560. The van der Waals surface area contributed by atoms with Crippen molar-refractivity contribution in [1.29, 1.82) is 0 Å². The Labute approximate surface area is 168 Å². The minimum atomic E-state index is -0.174. The van der Waals surface area contributed by atoms with Gasteiger partial charge in [0.1, 0.15) is 6.10 Å². The zero-order chi connectivity index (χ0) is 15.4. The first kappa shape index (κ1) is 24.4. The number of piperazine rings is 1. The van der Waals surface area contributed by atoms with Crippen LogP contribution in [0.2, 0.25) is 0 Å². The van der Waals surface area contributed by atoms with Gasteiger partial charge < -0.3 is 10.1 Å². The van der Waals surface area contributed by atoms with Crippen molar-refractivity contribution in [2.75, 3.05) is 39.3 Å². The third kappa shape index (κ3) is 6.93. The summed E-state index contributed by atoms with van der Waals surface area (Å²) >= 11 is 0. The quantitative estimate of drug-likeness (QED) is 0.766. The number of halogens is 3. The number of carbonyl (C=O) groups excluding carboxylic acids is 1. The first-order chi connectivity index (χ1) is 10.7. The van der Waals surface area contributed by atoms with Crippen molar-refractivity contribution in [2.24, 2.45) is 0 Å². The molecule has 0 aliphatic carbocycles. The molecule has 0 radical (unpaired) electrons. The summed E-state index contributed by atoms with van der Waals surface area (Å²) in [6.45, 7) is 8.30. The number of ether oxygens (including phenoxy) is 1. The molecule has 8 heteroatoms. The molecule has 3 rings (SSSR count). The molecule has 0 saturated carbocycles. The second kappa shape index (κ2) is 11.9. The number of benzene rings is 1. The van der Waals surface area contributed by atoms with E-state index in [0.29, 0.717) is 6.04 Å². The van der Waals surface area contributed by atoms with Gasteiger partial charge in [0.15, 0.2) is 0 Å². The minimum absolute atomic E-state index is 0. The van der Waals surface area contributed by atoms with E-state index in [1.807, 2.05) is 6.07 Å². The van der Waals surface area contributed by atoms with Gasteiger partial charge in [-0.1, -0.05) is 30.3 Å². The molecule has 2 saturated heterocycles. The highest BCUT2D eigenvalue weighted by Gasteiger charge is 2.38. The average Bonchev–Trinajstić information content (AvgIpc) is 2.91. The van der Waals surface area contributed by atoms with Crippen molar-refractivity contribution in [3.05, 3.63) is 35.9 Å². The van der Waals surface area contributed by atoms with Crippen molar-refractivity contribution in [3.63, 3.8) is 0 Å². The molecule has 0 bridgehead atoms. The summed E-state index contributed by atoms with van der Waals surface area (Å²) in [5, 5.41) is 3.38. The van der Waals surface area contributed by atoms with Gasteiger partial charge in [0.2, 0.25) is 0 Å². The lowest BCUT2D eigenvalue weighted by molar-refractivity contribution is -0.148. The van der Waals surface area contributed by atoms with Crippen LogP contribution in [0, 0.1) is 0 Å². The number of hydrogen-bond acceptors (Lipinski definition) is 5. The van der Waals surface area contributed by atoms with Crippen LogP contribution in [0.5, 0.6) is 0 Å². The summed E-state index contributed by atoms with van der Waals surface area (Å²) in [6.07, 6.45) is -0.0145. The highest BCUT2D eigenvalue weighted by molar-refractivity contribution is 5.86. The van der Waals surface area contributed by atoms with Crippen molar-refractivity contribution >= 4 is 43.2 Å². The van der Waals surface area contributed by atoms with E-state index < -0.39 is 0 Å². The molecule has 2 aliphatic heterocycles. The lowest BCUT2D eigenvalue weighted by atomic mass is 10.1. The van der Waals surface area contributed by atoms with Crippen molar-refractivity contribution in [1.82, 2.24) is 15.1 Å². The largest absolute Gasteiger partial charge is 0.459 e. The van der Waals surface area contributed by atoms with Gasteiger partial charge in [-0.3, -0.25) is 14.6 Å². The molecule has 2 heterocycles. The van der Waals surface area contributed by atoms with E-state index in [1.54, 1.807) is 0 Å². The molecule has 1 aromatic carbocycles. The molecule has 1 N–H and O–H groups in total. The molecule has 25 heavy (non-hydrogen) atoms. The first-order valence-corrected chi connectivity index (χ1v) is 8.10. The summed E-state index contributed by atoms with van der Waals surface area (Å²) in [5.74, 6) is -0.174. The zero-order valence-corrected chi connectivity index (χ0v) is 16.9. The SMILES string of the molecule is CC(=O)O[C@H]1CN(Cc2ccccc2)C[C@@H]1N1CCNCC1.Cl.Cl.Cl. The van der Waals surface area contributed by atoms with Gasteiger partial charge in [-0.15, -0.1) is 37.2 Å². The van der Waals surface area contributed by atoms with Crippen LogP contribution in [0.4, 0.5) is 0 Å². The smallest absolute Gasteiger partial charge is 0.303 e. The fourth-order valence-electron chi connectivity index (χ4n) is 3.50. The van der Waals surface area contributed by atoms with Crippen LogP contribution < -0.4 is 5.32 Å². The van der Waals surface area contributed by atoms with Crippen LogP contribution in [-0.4, -0.2) is 67.2 Å². The maximum Gasteiger partial charge on any atom is 0.303 e. The second-order valence-corrected chi connectivity index (χ2v) is 6.18. The number of likely N-dealkylation sites (tertiary alicyclic amines) is 1. The topological polar surface area (TPSA) is 44.8 Å². The van der Waals surface area contributed by atoms with Gasteiger partial charge in [0, 0.05) is 52.7 Å². The standard InChI is InChI=1S/C17H25N3O2.3ClH/c1-14(21)22-17-13-19(11-15-5-3-2-4-6-15)12-16(17)20-9-7-18-8-10-20;;;/h2-6,16-18H,7-13H2,1H3;3*1H/t16-,17-;;;/m0.../s1. The van der Waals surface area contributed by atoms with Crippen LogP contribution in [-0.2, 0) is 16.1 Å². The molecular weight excluding hydrogens is 385 g/mol. The van der Waals surface area contributed by atoms with E-state index in [2.05, 4.69) is 39.4 Å². The molecule has 2 fully saturated rings. The summed E-state index contributed by atoms with van der Waals surface area (Å²) in [7, 11) is 0. The summed E-state index contributed by atoms with van der Waals surface area (Å²) in [4.78, 5) is 16.3. The van der Waals surface area contributed by atoms with Gasteiger partial charge in [-0.2, -0.15) is 0 Å². The lowest BCUT2D eigenvalue weighted by Crippen LogP contribution is -2.53. The van der Waals surface area contributed by atoms with Crippen molar-refractivity contribution < 1.29 is 9.53 Å². The number of hydrogen-bond donors (Lipinski definition) is 1. The fourth-order valence-corrected chi connectivity index (χ4v) is 3.50. The van der Waals surface area contributed by atoms with Gasteiger partial charge in [0.25, 0.3) is 0 Å². The molecule has 144 valence electrons. The second-order valence-electron chi connectivity index (χ2n) is 6.18. The molecule has 2 aliphatic rings. The zero-order valence-electron chi connectivity index (χ0n) is 14.4. The Balaban J connectivity index is 0.00000192. The molecule has 0 aromatic heterocycles. The number of carbonyl (C=O) groups is 1. The molecule has 5 nitrogen and oxygen atoms in total. The van der Waals surface area contributed by atoms with E-state index >= 15 is 0 Å². The van der Waals surface area contributed by atoms with Gasteiger partial charge >= 0.3 is 5.97 Å². The molecular formula is C17H28Cl3N3O2. The van der Waals surface area contributed by atoms with E-state index in [-0.39, 0.29) is 49.3 Å². The Morgan fingerprint density at radius 2 is 1.76 bits per heavy atom. The summed E-state index contributed by atoms with van der Waals surface area (Å²) < 4.78 is 5.60. The van der Waals surface area contributed by atoms with Crippen LogP contribution in [0.25, 0.3) is 0 Å². The maximum absolute atomic E-state index is 11.4. The minimum Gasteiger partial charge on any atom is -0.459 e. The Morgan fingerprint density at radius 3 is 2.36 bits per heavy atom. The van der Waals surface area contributed by atoms with Crippen molar-refractivity contribution in [2.45, 2.75) is 25.6 Å². The van der Waals surface area contributed by atoms with Crippen LogP contribution in [0.3, 0.4) is 0 Å². The fraction of sp³-hybridized carbons (Fsp3) is 0.588. The van der Waals surface area contributed by atoms with Crippen molar-refractivity contribution in [3.8, 4) is 0 Å². The normalized spacial score (nSPS) is 23.7. The first-order valence-electron chi connectivity index (χ1n) is 8.10. The molecule has 2 atom stereocenters. The van der Waals surface area contributed by atoms with Crippen LogP contribution >= 0.6 is 37.2 Å². The van der Waals surface area contributed by atoms with E-state index in [4.69, 9.17) is 4.74 Å². The molecule has 1 aromatic rings. The molecule has 0 amide bonds. The Morgan fingerprint density at radius 1 is 1.12 bits per heavy atom. The number of esters is 1. The van der Waals surface area contributed by atoms with E-state index in [0.717, 1.165) is 45.8 Å². The average molecular weight is 413 g/mol. The number of nitrogens with zero attached hydrogens (tertiary/aromatic N) is 2. The summed E-state index contributed by atoms with van der Waals surface area (Å²) in [5.41, 5.74) is 1.31. The van der Waals surface area contributed by atoms with E-state index in [1.165, 1.54) is 12.5 Å². The molecule has 0 spiro atoms. The van der Waals surface area contributed by atoms with Gasteiger partial charge in [-0.05, 0) is 5.56 Å². The maximum atomic E-state index is 11.4. The third-order valence-corrected chi connectivity index (χ3v) is 4.50. The van der Waals surface area contributed by atoms with Gasteiger partial charge in [0.05, 0.1) is 6.04 Å². The van der Waals surface area contributed by atoms with Crippen LogP contribution in [0.1, 0.15) is 12.5 Å². The highest BCUT2D eigenvalue weighted by Crippen LogP contribution is 2.22. The molecule has 0 unspecified atom stereocenters. The number of rotatable bonds is 4. The Bertz CT molecular complexity index is 501. The number of nitrogens with one attached hydrogen (secondary N) is 1. The lowest BCUT2D eigenvalue weighted by Gasteiger charge is -2.35. The van der Waals surface area contributed by atoms with Crippen LogP contribution in [0.15, 0.2) is 30.3 Å². The van der Waals surface area contributed by atoms with E-state index in [9.17, 15) is 4.79 Å². The Kier molecular flexibility index (Phi) is 11.7. The third-order valence-electron chi connectivity index (χ3n) is 4.50. The van der Waals surface area contributed by atoms with Gasteiger partial charge in [-0.25, -0.2) is 0 Å². The predicted molar refractivity (Wildman–Crippen MR) is 107 cm³/mol. The predicted octanol–water partition coefficient (Wildman–Crippen LogP) is 1.97.